The number of carbonyl (C=O) groups excluding carboxylic acids is 1. The third-order valence-corrected chi connectivity index (χ3v) is 4.68. The Labute approximate surface area is 187 Å². The van der Waals surface area contributed by atoms with E-state index in [1.807, 2.05) is 71.7 Å². The number of hydrogen-bond acceptors (Lipinski definition) is 7. The fourth-order valence-corrected chi connectivity index (χ4v) is 3.11. The molecule has 0 atom stereocenters. The summed E-state index contributed by atoms with van der Waals surface area (Å²) in [5, 5.41) is 14.1. The molecule has 0 aliphatic carbocycles. The molecule has 4 rings (SSSR count). The first-order chi connectivity index (χ1) is 16.1. The minimum Gasteiger partial charge on any atom is -0.488 e. The number of rotatable bonds is 8. The van der Waals surface area contributed by atoms with E-state index in [1.54, 1.807) is 0 Å². The molecule has 1 heterocycles. The molecular weight excluding hydrogens is 424 g/mol. The van der Waals surface area contributed by atoms with Crippen LogP contribution in [-0.2, 0) is 11.4 Å². The van der Waals surface area contributed by atoms with Gasteiger partial charge in [-0.1, -0.05) is 60.7 Å². The average Bonchev–Trinajstić information content (AvgIpc) is 2.83. The fraction of sp³-hybridized carbons (Fsp3) is 0.0870. The molecule has 0 fully saturated rings. The Morgan fingerprint density at radius 1 is 1.03 bits per heavy atom. The fourth-order valence-electron chi connectivity index (χ4n) is 3.11. The second kappa shape index (κ2) is 10.1. The third kappa shape index (κ3) is 5.50. The Bertz CT molecular complexity index is 1410. The number of aromatic amines is 2. The van der Waals surface area contributed by atoms with E-state index in [9.17, 15) is 14.4 Å². The van der Waals surface area contributed by atoms with E-state index in [0.29, 0.717) is 12.4 Å². The summed E-state index contributed by atoms with van der Waals surface area (Å²) in [7, 11) is 0. The van der Waals surface area contributed by atoms with Gasteiger partial charge in [0, 0.05) is 5.56 Å². The summed E-state index contributed by atoms with van der Waals surface area (Å²) in [5.74, 6) is -0.0670. The SMILES string of the molecule is O=C(CNc1n[nH]c(=O)[nH]c1=O)N/N=C/c1c(OCc2ccccc2)ccc2ccccc12. The molecule has 4 aromatic rings. The van der Waals surface area contributed by atoms with Crippen LogP contribution in [0.2, 0.25) is 0 Å². The Morgan fingerprint density at radius 3 is 2.64 bits per heavy atom. The summed E-state index contributed by atoms with van der Waals surface area (Å²) in [6.07, 6.45) is 1.52. The third-order valence-electron chi connectivity index (χ3n) is 4.68. The number of aromatic nitrogens is 3. The van der Waals surface area contributed by atoms with Crippen LogP contribution in [0.15, 0.2) is 81.4 Å². The second-order valence-electron chi connectivity index (χ2n) is 6.97. The van der Waals surface area contributed by atoms with Gasteiger partial charge in [-0.15, -0.1) is 5.10 Å². The number of nitrogens with one attached hydrogen (secondary N) is 4. The van der Waals surface area contributed by atoms with Gasteiger partial charge >= 0.3 is 5.69 Å². The molecule has 1 amide bonds. The number of fused-ring (bicyclic) bond motifs is 1. The summed E-state index contributed by atoms with van der Waals surface area (Å²) in [6.45, 7) is 0.114. The van der Waals surface area contributed by atoms with Crippen LogP contribution in [0.4, 0.5) is 5.82 Å². The first kappa shape index (κ1) is 21.5. The van der Waals surface area contributed by atoms with Crippen molar-refractivity contribution in [3.8, 4) is 5.75 Å². The van der Waals surface area contributed by atoms with Crippen molar-refractivity contribution in [2.45, 2.75) is 6.61 Å². The van der Waals surface area contributed by atoms with Gasteiger partial charge in [-0.3, -0.25) is 14.6 Å². The molecule has 166 valence electrons. The molecule has 0 spiro atoms. The van der Waals surface area contributed by atoms with Crippen molar-refractivity contribution in [3.05, 3.63) is 98.7 Å². The predicted octanol–water partition coefficient (Wildman–Crippen LogP) is 1.75. The van der Waals surface area contributed by atoms with Crippen LogP contribution in [0.1, 0.15) is 11.1 Å². The molecule has 4 N–H and O–H groups in total. The lowest BCUT2D eigenvalue weighted by atomic mass is 10.0. The molecule has 0 saturated heterocycles. The topological polar surface area (TPSA) is 141 Å². The second-order valence-corrected chi connectivity index (χ2v) is 6.97. The van der Waals surface area contributed by atoms with Crippen molar-refractivity contribution >= 4 is 28.7 Å². The van der Waals surface area contributed by atoms with Gasteiger partial charge in [-0.25, -0.2) is 15.3 Å². The summed E-state index contributed by atoms with van der Waals surface area (Å²) in [6, 6.07) is 21.4. The van der Waals surface area contributed by atoms with Crippen molar-refractivity contribution in [1.82, 2.24) is 20.6 Å². The van der Waals surface area contributed by atoms with E-state index < -0.39 is 17.2 Å². The van der Waals surface area contributed by atoms with Crippen LogP contribution in [0.25, 0.3) is 10.8 Å². The normalized spacial score (nSPS) is 10.9. The van der Waals surface area contributed by atoms with Gasteiger partial charge in [0.15, 0.2) is 0 Å². The van der Waals surface area contributed by atoms with E-state index in [4.69, 9.17) is 4.74 Å². The smallest absolute Gasteiger partial charge is 0.342 e. The van der Waals surface area contributed by atoms with Gasteiger partial charge in [0.2, 0.25) is 5.82 Å². The Hall–Kier alpha value is -4.73. The molecule has 3 aromatic carbocycles. The highest BCUT2D eigenvalue weighted by molar-refractivity contribution is 6.02. The number of hydrogen-bond donors (Lipinski definition) is 4. The minimum absolute atomic E-state index is 0.181. The van der Waals surface area contributed by atoms with E-state index in [2.05, 4.69) is 26.0 Å². The number of carbonyl (C=O) groups is 1. The molecule has 33 heavy (non-hydrogen) atoms. The first-order valence-corrected chi connectivity index (χ1v) is 10.0. The highest BCUT2D eigenvalue weighted by Gasteiger charge is 2.09. The molecule has 0 aliphatic rings. The lowest BCUT2D eigenvalue weighted by Gasteiger charge is -2.12. The zero-order chi connectivity index (χ0) is 23.0. The van der Waals surface area contributed by atoms with Crippen molar-refractivity contribution in [2.75, 3.05) is 11.9 Å². The molecular formula is C23H20N6O4. The van der Waals surface area contributed by atoms with Gasteiger partial charge in [0.1, 0.15) is 12.4 Å². The standard InChI is InChI=1S/C23H20N6O4/c30-20(13-24-21-22(31)26-23(32)29-28-21)27-25-12-18-17-9-5-4-8-16(17)10-11-19(18)33-14-15-6-2-1-3-7-15/h1-12H,13-14H2,(H,24,28)(H,27,30)(H2,26,29,31,32)/b25-12+. The van der Waals surface area contributed by atoms with Gasteiger partial charge in [-0.05, 0) is 22.4 Å². The quantitative estimate of drug-likeness (QED) is 0.241. The number of nitrogens with zero attached hydrogens (tertiary/aromatic N) is 2. The molecule has 0 radical (unpaired) electrons. The Morgan fingerprint density at radius 2 is 1.82 bits per heavy atom. The molecule has 10 heteroatoms. The monoisotopic (exact) mass is 444 g/mol. The lowest BCUT2D eigenvalue weighted by molar-refractivity contribution is -0.119. The maximum absolute atomic E-state index is 12.1. The zero-order valence-corrected chi connectivity index (χ0v) is 17.4. The molecule has 0 aliphatic heterocycles. The van der Waals surface area contributed by atoms with Crippen LogP contribution in [0.3, 0.4) is 0 Å². The van der Waals surface area contributed by atoms with Crippen molar-refractivity contribution in [1.29, 1.82) is 0 Å². The van der Waals surface area contributed by atoms with Crippen molar-refractivity contribution in [3.63, 3.8) is 0 Å². The predicted molar refractivity (Wildman–Crippen MR) is 124 cm³/mol. The number of benzene rings is 3. The Kier molecular flexibility index (Phi) is 6.55. The summed E-state index contributed by atoms with van der Waals surface area (Å²) < 4.78 is 6.03. The zero-order valence-electron chi connectivity index (χ0n) is 17.4. The van der Waals surface area contributed by atoms with E-state index in [1.165, 1.54) is 6.21 Å². The van der Waals surface area contributed by atoms with Gasteiger partial charge in [0.05, 0.1) is 12.8 Å². The molecule has 0 bridgehead atoms. The first-order valence-electron chi connectivity index (χ1n) is 10.0. The van der Waals surface area contributed by atoms with Crippen LogP contribution in [0, 0.1) is 0 Å². The lowest BCUT2D eigenvalue weighted by Crippen LogP contribution is -2.31. The van der Waals surface area contributed by atoms with Crippen LogP contribution in [-0.4, -0.2) is 33.8 Å². The van der Waals surface area contributed by atoms with Crippen molar-refractivity contribution < 1.29 is 9.53 Å². The average molecular weight is 444 g/mol. The molecule has 0 saturated carbocycles. The van der Waals surface area contributed by atoms with E-state index >= 15 is 0 Å². The minimum atomic E-state index is -0.736. The maximum Gasteiger partial charge on any atom is 0.342 e. The Balaban J connectivity index is 1.47. The molecule has 1 aromatic heterocycles. The van der Waals surface area contributed by atoms with Crippen molar-refractivity contribution in [2.24, 2.45) is 5.10 Å². The van der Waals surface area contributed by atoms with Crippen LogP contribution < -0.4 is 26.7 Å². The highest BCUT2D eigenvalue weighted by Crippen LogP contribution is 2.27. The number of amides is 1. The summed E-state index contributed by atoms with van der Waals surface area (Å²) >= 11 is 0. The largest absolute Gasteiger partial charge is 0.488 e. The number of ether oxygens (including phenoxy) is 1. The number of anilines is 1. The number of H-pyrrole nitrogens is 2. The molecule has 10 nitrogen and oxygen atoms in total. The van der Waals surface area contributed by atoms with Crippen LogP contribution >= 0.6 is 0 Å². The number of hydrazone groups is 1. The highest BCUT2D eigenvalue weighted by atomic mass is 16.5. The summed E-state index contributed by atoms with van der Waals surface area (Å²) in [5.41, 5.74) is 2.68. The van der Waals surface area contributed by atoms with Crippen LogP contribution in [0.5, 0.6) is 5.75 Å². The summed E-state index contributed by atoms with van der Waals surface area (Å²) in [4.78, 5) is 36.7. The van der Waals surface area contributed by atoms with Gasteiger partial charge in [-0.2, -0.15) is 5.10 Å². The molecule has 0 unspecified atom stereocenters. The van der Waals surface area contributed by atoms with E-state index in [-0.39, 0.29) is 12.4 Å². The van der Waals surface area contributed by atoms with E-state index in [0.717, 1.165) is 21.9 Å². The maximum atomic E-state index is 12.1. The van der Waals surface area contributed by atoms with Gasteiger partial charge in [0.25, 0.3) is 11.5 Å². The van der Waals surface area contributed by atoms with Gasteiger partial charge < -0.3 is 10.1 Å².